The summed E-state index contributed by atoms with van der Waals surface area (Å²) in [5.41, 5.74) is 1.12. The van der Waals surface area contributed by atoms with Crippen LogP contribution in [0, 0.1) is 18.3 Å². The molecule has 1 atom stereocenters. The van der Waals surface area contributed by atoms with E-state index < -0.39 is 6.04 Å². The molecule has 0 fully saturated rings. The number of aromatic nitrogens is 1. The van der Waals surface area contributed by atoms with Crippen molar-refractivity contribution in [1.82, 2.24) is 10.3 Å². The Labute approximate surface area is 141 Å². The summed E-state index contributed by atoms with van der Waals surface area (Å²) in [6.07, 6.45) is 2.70. The second kappa shape index (κ2) is 7.80. The lowest BCUT2D eigenvalue weighted by Gasteiger charge is -2.12. The topological polar surface area (TPSA) is 108 Å². The van der Waals surface area contributed by atoms with Crippen molar-refractivity contribution in [3.8, 4) is 6.07 Å². The molecule has 2 N–H and O–H groups in total. The van der Waals surface area contributed by atoms with Gasteiger partial charge in [0, 0.05) is 0 Å². The molecule has 7 nitrogen and oxygen atoms in total. The van der Waals surface area contributed by atoms with E-state index in [0.29, 0.717) is 16.4 Å². The van der Waals surface area contributed by atoms with Crippen LogP contribution in [0.3, 0.4) is 0 Å². The SMILES string of the molecule is Cc1nc(NC(=O)C(C)NC(=O)c2ccoc2)sc1SCC#N. The largest absolute Gasteiger partial charge is 0.472 e. The van der Waals surface area contributed by atoms with Gasteiger partial charge in [-0.25, -0.2) is 4.98 Å². The predicted octanol–water partition coefficient (Wildman–Crippen LogP) is 2.42. The van der Waals surface area contributed by atoms with Gasteiger partial charge < -0.3 is 15.1 Å². The van der Waals surface area contributed by atoms with Crippen LogP contribution < -0.4 is 10.6 Å². The first-order chi connectivity index (χ1) is 11.0. The molecule has 23 heavy (non-hydrogen) atoms. The van der Waals surface area contributed by atoms with Crippen molar-refractivity contribution in [3.05, 3.63) is 29.9 Å². The number of hydrogen-bond acceptors (Lipinski definition) is 7. The zero-order valence-corrected chi connectivity index (χ0v) is 14.1. The standard InChI is InChI=1S/C14H14N4O3S2/c1-8(16-12(20)10-3-5-21-7-10)11(19)18-14-17-9(2)13(23-14)22-6-4-15/h3,5,7-8H,6H2,1-2H3,(H,16,20)(H,17,18,19). The number of hydrogen-bond donors (Lipinski definition) is 2. The summed E-state index contributed by atoms with van der Waals surface area (Å²) in [6.45, 7) is 3.40. The first-order valence-corrected chi connectivity index (χ1v) is 8.42. The van der Waals surface area contributed by atoms with Gasteiger partial charge in [0.25, 0.3) is 5.91 Å². The first-order valence-electron chi connectivity index (χ1n) is 6.62. The average molecular weight is 350 g/mol. The number of furan rings is 1. The number of amides is 2. The van der Waals surface area contributed by atoms with Crippen molar-refractivity contribution in [2.45, 2.75) is 24.1 Å². The van der Waals surface area contributed by atoms with Crippen LogP contribution >= 0.6 is 23.1 Å². The molecule has 9 heteroatoms. The van der Waals surface area contributed by atoms with Crippen molar-refractivity contribution in [1.29, 1.82) is 5.26 Å². The molecular weight excluding hydrogens is 336 g/mol. The van der Waals surface area contributed by atoms with Crippen LogP contribution in [-0.2, 0) is 4.79 Å². The van der Waals surface area contributed by atoms with E-state index in [1.165, 1.54) is 41.7 Å². The molecule has 2 aromatic rings. The number of thioether (sulfide) groups is 1. The second-order valence-electron chi connectivity index (χ2n) is 4.54. The van der Waals surface area contributed by atoms with Crippen LogP contribution in [0.15, 0.2) is 27.2 Å². The maximum Gasteiger partial charge on any atom is 0.255 e. The molecule has 2 aromatic heterocycles. The lowest BCUT2D eigenvalue weighted by atomic mass is 10.2. The number of anilines is 1. The highest BCUT2D eigenvalue weighted by Crippen LogP contribution is 2.31. The Kier molecular flexibility index (Phi) is 5.78. The highest BCUT2D eigenvalue weighted by Gasteiger charge is 2.19. The predicted molar refractivity (Wildman–Crippen MR) is 87.5 cm³/mol. The third-order valence-corrected chi connectivity index (χ3v) is 5.08. The Balaban J connectivity index is 1.93. The Morgan fingerprint density at radius 3 is 3.00 bits per heavy atom. The van der Waals surface area contributed by atoms with Gasteiger partial charge in [0.05, 0.1) is 33.6 Å². The van der Waals surface area contributed by atoms with Crippen LogP contribution in [-0.4, -0.2) is 28.6 Å². The van der Waals surface area contributed by atoms with Gasteiger partial charge in [0.2, 0.25) is 5.91 Å². The van der Waals surface area contributed by atoms with E-state index in [9.17, 15) is 9.59 Å². The van der Waals surface area contributed by atoms with E-state index >= 15 is 0 Å². The summed E-state index contributed by atoms with van der Waals surface area (Å²) in [7, 11) is 0. The summed E-state index contributed by atoms with van der Waals surface area (Å²) in [4.78, 5) is 28.2. The molecule has 0 saturated heterocycles. The van der Waals surface area contributed by atoms with Crippen LogP contribution in [0.1, 0.15) is 23.0 Å². The van der Waals surface area contributed by atoms with E-state index in [1.54, 1.807) is 6.92 Å². The summed E-state index contributed by atoms with van der Waals surface area (Å²) >= 11 is 2.68. The number of thiazole rings is 1. The smallest absolute Gasteiger partial charge is 0.255 e. The Morgan fingerprint density at radius 1 is 1.57 bits per heavy atom. The average Bonchev–Trinajstić information content (AvgIpc) is 3.15. The van der Waals surface area contributed by atoms with Crippen LogP contribution in [0.5, 0.6) is 0 Å². The van der Waals surface area contributed by atoms with Gasteiger partial charge in [-0.2, -0.15) is 5.26 Å². The van der Waals surface area contributed by atoms with Gasteiger partial charge >= 0.3 is 0 Å². The lowest BCUT2D eigenvalue weighted by molar-refractivity contribution is -0.117. The first kappa shape index (κ1) is 17.1. The van der Waals surface area contributed by atoms with Gasteiger partial charge in [-0.1, -0.05) is 23.1 Å². The molecule has 0 aliphatic heterocycles. The Bertz CT molecular complexity index is 734. The minimum Gasteiger partial charge on any atom is -0.472 e. The summed E-state index contributed by atoms with van der Waals surface area (Å²) in [6, 6.07) is 2.84. The Hall–Kier alpha value is -2.31. The van der Waals surface area contributed by atoms with Crippen molar-refractivity contribution < 1.29 is 14.0 Å². The summed E-state index contributed by atoms with van der Waals surface area (Å²) < 4.78 is 5.71. The number of aryl methyl sites for hydroxylation is 1. The summed E-state index contributed by atoms with van der Waals surface area (Å²) in [5.74, 6) is -0.428. The van der Waals surface area contributed by atoms with Crippen LogP contribution in [0.2, 0.25) is 0 Å². The molecule has 0 aromatic carbocycles. The third kappa shape index (κ3) is 4.58. The third-order valence-electron chi connectivity index (χ3n) is 2.78. The van der Waals surface area contributed by atoms with E-state index in [1.807, 2.05) is 13.0 Å². The highest BCUT2D eigenvalue weighted by atomic mass is 32.2. The van der Waals surface area contributed by atoms with Gasteiger partial charge in [-0.05, 0) is 19.9 Å². The van der Waals surface area contributed by atoms with Crippen LogP contribution in [0.25, 0.3) is 0 Å². The molecule has 0 radical (unpaired) electrons. The molecule has 2 heterocycles. The normalized spacial score (nSPS) is 11.5. The molecule has 2 amide bonds. The molecule has 120 valence electrons. The minimum atomic E-state index is -0.725. The molecule has 2 rings (SSSR count). The monoisotopic (exact) mass is 350 g/mol. The quantitative estimate of drug-likeness (QED) is 0.775. The number of nitrogens with zero attached hydrogens (tertiary/aromatic N) is 2. The fourth-order valence-electron chi connectivity index (χ4n) is 1.62. The van der Waals surface area contributed by atoms with Crippen molar-refractivity contribution in [2.24, 2.45) is 0 Å². The highest BCUT2D eigenvalue weighted by molar-refractivity contribution is 8.01. The number of carbonyl (C=O) groups is 2. The van der Waals surface area contributed by atoms with Gasteiger partial charge in [0.15, 0.2) is 5.13 Å². The molecule has 0 aliphatic carbocycles. The van der Waals surface area contributed by atoms with E-state index in [-0.39, 0.29) is 11.8 Å². The summed E-state index contributed by atoms with van der Waals surface area (Å²) in [5, 5.41) is 14.3. The maximum atomic E-state index is 12.1. The fourth-order valence-corrected chi connectivity index (χ4v) is 3.42. The number of rotatable bonds is 6. The van der Waals surface area contributed by atoms with E-state index in [0.717, 1.165) is 9.90 Å². The zero-order chi connectivity index (χ0) is 16.8. The van der Waals surface area contributed by atoms with Crippen molar-refractivity contribution >= 4 is 40.0 Å². The number of nitriles is 1. The van der Waals surface area contributed by atoms with Crippen molar-refractivity contribution in [2.75, 3.05) is 11.1 Å². The molecule has 0 aliphatic rings. The Morgan fingerprint density at radius 2 is 2.35 bits per heavy atom. The molecule has 0 bridgehead atoms. The molecule has 0 saturated carbocycles. The van der Waals surface area contributed by atoms with Crippen LogP contribution in [0.4, 0.5) is 5.13 Å². The maximum absolute atomic E-state index is 12.1. The van der Waals surface area contributed by atoms with E-state index in [4.69, 9.17) is 9.68 Å². The van der Waals surface area contributed by atoms with E-state index in [2.05, 4.69) is 15.6 Å². The van der Waals surface area contributed by atoms with Gasteiger partial charge in [-0.15, -0.1) is 0 Å². The fraction of sp³-hybridized carbons (Fsp3) is 0.286. The molecule has 0 spiro atoms. The molecular formula is C14H14N4O3S2. The van der Waals surface area contributed by atoms with Gasteiger partial charge in [0.1, 0.15) is 12.3 Å². The lowest BCUT2D eigenvalue weighted by Crippen LogP contribution is -2.41. The zero-order valence-electron chi connectivity index (χ0n) is 12.5. The van der Waals surface area contributed by atoms with Crippen molar-refractivity contribution in [3.63, 3.8) is 0 Å². The van der Waals surface area contributed by atoms with Gasteiger partial charge in [-0.3, -0.25) is 9.59 Å². The number of carbonyl (C=O) groups excluding carboxylic acids is 2. The second-order valence-corrected chi connectivity index (χ2v) is 6.78. The minimum absolute atomic E-state index is 0.327. The number of nitrogens with one attached hydrogen (secondary N) is 2. The molecule has 1 unspecified atom stereocenters.